The molecule has 10 heteroatoms. The second-order valence-electron chi connectivity index (χ2n) is 12.1. The zero-order valence-corrected chi connectivity index (χ0v) is 25.0. The van der Waals surface area contributed by atoms with Crippen molar-refractivity contribution >= 4 is 23.5 Å². The van der Waals surface area contributed by atoms with Crippen LogP contribution in [0, 0.1) is 0 Å². The standard InChI is InChI=1S/C31H48ClF2N5O2/c32-24-8-6-23(7-9-24)22-29(36-26-12-10-25(35)11-13-26)30(40)37-18-14-28(15-19-37)39(27-4-2-1-3-5-27)31(41)38(20-16-33)21-17-34/h6-9,25-29,36H,1-5,10-22,35H2/t25-,26-,29-/m1/s1. The van der Waals surface area contributed by atoms with Gasteiger partial charge in [-0.25, -0.2) is 13.6 Å². The molecule has 3 amide bonds. The molecule has 3 N–H and O–H groups in total. The van der Waals surface area contributed by atoms with Crippen molar-refractivity contribution in [2.24, 2.45) is 5.73 Å². The quantitative estimate of drug-likeness (QED) is 0.373. The van der Waals surface area contributed by atoms with Gasteiger partial charge in [-0.1, -0.05) is 43.0 Å². The van der Waals surface area contributed by atoms with Crippen molar-refractivity contribution in [3.8, 4) is 0 Å². The zero-order valence-electron chi connectivity index (χ0n) is 24.3. The molecule has 1 heterocycles. The number of hydrogen-bond acceptors (Lipinski definition) is 4. The molecule has 3 aliphatic rings. The summed E-state index contributed by atoms with van der Waals surface area (Å²) < 4.78 is 26.5. The Labute approximate surface area is 249 Å². The van der Waals surface area contributed by atoms with Crippen LogP contribution in [0.3, 0.4) is 0 Å². The van der Waals surface area contributed by atoms with E-state index in [9.17, 15) is 18.4 Å². The lowest BCUT2D eigenvalue weighted by Gasteiger charge is -2.45. The van der Waals surface area contributed by atoms with Crippen LogP contribution in [-0.4, -0.2) is 96.4 Å². The molecule has 4 rings (SSSR count). The molecule has 1 atom stereocenters. The lowest BCUT2D eigenvalue weighted by Crippen LogP contribution is -2.59. The number of piperidine rings is 1. The third kappa shape index (κ3) is 9.01. The maximum absolute atomic E-state index is 13.9. The van der Waals surface area contributed by atoms with Crippen molar-refractivity contribution in [2.45, 2.75) is 107 Å². The molecule has 41 heavy (non-hydrogen) atoms. The number of carbonyl (C=O) groups is 2. The summed E-state index contributed by atoms with van der Waals surface area (Å²) in [5.41, 5.74) is 7.18. The summed E-state index contributed by atoms with van der Waals surface area (Å²) >= 11 is 6.10. The van der Waals surface area contributed by atoms with E-state index in [1.54, 1.807) is 0 Å². The summed E-state index contributed by atoms with van der Waals surface area (Å²) in [7, 11) is 0. The van der Waals surface area contributed by atoms with Gasteiger partial charge in [0.1, 0.15) is 13.3 Å². The van der Waals surface area contributed by atoms with E-state index < -0.39 is 13.3 Å². The second-order valence-corrected chi connectivity index (χ2v) is 12.5. The van der Waals surface area contributed by atoms with E-state index in [1.807, 2.05) is 34.1 Å². The Balaban J connectivity index is 1.44. The first-order valence-corrected chi connectivity index (χ1v) is 16.0. The van der Waals surface area contributed by atoms with E-state index in [0.29, 0.717) is 37.4 Å². The molecule has 3 fully saturated rings. The average Bonchev–Trinajstić information content (AvgIpc) is 2.99. The molecule has 230 valence electrons. The highest BCUT2D eigenvalue weighted by atomic mass is 35.5. The van der Waals surface area contributed by atoms with E-state index in [4.69, 9.17) is 17.3 Å². The topological polar surface area (TPSA) is 81.9 Å². The minimum atomic E-state index is -0.688. The number of nitrogens with two attached hydrogens (primary N) is 1. The predicted molar refractivity (Wildman–Crippen MR) is 160 cm³/mol. The molecule has 1 aromatic rings. The summed E-state index contributed by atoms with van der Waals surface area (Å²) in [6.07, 6.45) is 10.8. The van der Waals surface area contributed by atoms with Crippen LogP contribution in [0.1, 0.15) is 76.2 Å². The highest BCUT2D eigenvalue weighted by Gasteiger charge is 2.38. The molecule has 0 bridgehead atoms. The van der Waals surface area contributed by atoms with Gasteiger partial charge in [-0.15, -0.1) is 0 Å². The smallest absolute Gasteiger partial charge is 0.320 e. The second kappa shape index (κ2) is 16.0. The summed E-state index contributed by atoms with van der Waals surface area (Å²) in [4.78, 5) is 32.8. The number of alkyl halides is 2. The lowest BCUT2D eigenvalue weighted by molar-refractivity contribution is -0.135. The summed E-state index contributed by atoms with van der Waals surface area (Å²) in [5, 5.41) is 4.33. The minimum absolute atomic E-state index is 0.0427. The van der Waals surface area contributed by atoms with Gasteiger partial charge >= 0.3 is 6.03 Å². The third-order valence-corrected chi connectivity index (χ3v) is 9.45. The summed E-state index contributed by atoms with van der Waals surface area (Å²) in [5.74, 6) is 0.0836. The minimum Gasteiger partial charge on any atom is -0.341 e. The lowest BCUT2D eigenvalue weighted by atomic mass is 9.90. The molecule has 1 aromatic carbocycles. The van der Waals surface area contributed by atoms with Crippen LogP contribution in [0.5, 0.6) is 0 Å². The Hall–Kier alpha value is -1.97. The van der Waals surface area contributed by atoms with Crippen LogP contribution in [0.2, 0.25) is 5.02 Å². The van der Waals surface area contributed by atoms with Crippen molar-refractivity contribution in [1.82, 2.24) is 20.0 Å². The number of nitrogens with one attached hydrogen (secondary N) is 1. The maximum atomic E-state index is 13.9. The van der Waals surface area contributed by atoms with Crippen molar-refractivity contribution in [3.63, 3.8) is 0 Å². The first-order valence-electron chi connectivity index (χ1n) is 15.6. The van der Waals surface area contributed by atoms with Crippen molar-refractivity contribution < 1.29 is 18.4 Å². The fraction of sp³-hybridized carbons (Fsp3) is 0.742. The molecule has 0 radical (unpaired) electrons. The van der Waals surface area contributed by atoms with Crippen molar-refractivity contribution in [1.29, 1.82) is 0 Å². The highest BCUT2D eigenvalue weighted by Crippen LogP contribution is 2.30. The SMILES string of the molecule is N[C@H]1CC[C@H](N[C@H](Cc2ccc(Cl)cc2)C(=O)N2CCC(N(C(=O)N(CCF)CCF)C3CCCCC3)CC2)CC1. The number of benzene rings is 1. The highest BCUT2D eigenvalue weighted by molar-refractivity contribution is 6.30. The fourth-order valence-electron chi connectivity index (χ4n) is 6.87. The van der Waals surface area contributed by atoms with Gasteiger partial charge in [0.05, 0.1) is 19.1 Å². The Kier molecular flexibility index (Phi) is 12.5. The maximum Gasteiger partial charge on any atom is 0.320 e. The number of amides is 3. The first-order chi connectivity index (χ1) is 19.9. The van der Waals surface area contributed by atoms with Gasteiger partial charge in [0, 0.05) is 42.3 Å². The molecular weight excluding hydrogens is 548 g/mol. The Morgan fingerprint density at radius 3 is 2.07 bits per heavy atom. The van der Waals surface area contributed by atoms with E-state index >= 15 is 0 Å². The molecule has 2 saturated carbocycles. The number of nitrogens with zero attached hydrogens (tertiary/aromatic N) is 3. The van der Waals surface area contributed by atoms with Gasteiger partial charge in [-0.3, -0.25) is 4.79 Å². The molecule has 1 aliphatic heterocycles. The number of hydrogen-bond donors (Lipinski definition) is 2. The van der Waals surface area contributed by atoms with E-state index in [2.05, 4.69) is 5.32 Å². The fourth-order valence-corrected chi connectivity index (χ4v) is 7.00. The Morgan fingerprint density at radius 2 is 1.49 bits per heavy atom. The van der Waals surface area contributed by atoms with Crippen molar-refractivity contribution in [3.05, 3.63) is 34.9 Å². The number of carbonyl (C=O) groups excluding carboxylic acids is 2. The van der Waals surface area contributed by atoms with Gasteiger partial charge < -0.3 is 25.8 Å². The summed E-state index contributed by atoms with van der Waals surface area (Å²) in [6, 6.07) is 7.58. The largest absolute Gasteiger partial charge is 0.341 e. The van der Waals surface area contributed by atoms with Gasteiger partial charge in [0.25, 0.3) is 0 Å². The normalized spacial score (nSPS) is 23.3. The van der Waals surface area contributed by atoms with Crippen LogP contribution in [-0.2, 0) is 11.2 Å². The van der Waals surface area contributed by atoms with Crippen LogP contribution in [0.25, 0.3) is 0 Å². The van der Waals surface area contributed by atoms with E-state index in [1.165, 1.54) is 4.90 Å². The van der Waals surface area contributed by atoms with Crippen LogP contribution >= 0.6 is 11.6 Å². The molecule has 2 aliphatic carbocycles. The number of rotatable bonds is 11. The van der Waals surface area contributed by atoms with Crippen LogP contribution < -0.4 is 11.1 Å². The van der Waals surface area contributed by atoms with Gasteiger partial charge in [-0.2, -0.15) is 0 Å². The number of urea groups is 1. The Morgan fingerprint density at radius 1 is 0.902 bits per heavy atom. The monoisotopic (exact) mass is 595 g/mol. The first kappa shape index (κ1) is 32.0. The number of likely N-dealkylation sites (tertiary alicyclic amines) is 1. The van der Waals surface area contributed by atoms with E-state index in [-0.39, 0.29) is 55.2 Å². The molecular formula is C31H48ClF2N5O2. The van der Waals surface area contributed by atoms with Gasteiger partial charge in [-0.05, 0) is 75.5 Å². The molecule has 0 spiro atoms. The van der Waals surface area contributed by atoms with Crippen molar-refractivity contribution in [2.75, 3.05) is 39.5 Å². The predicted octanol–water partition coefficient (Wildman–Crippen LogP) is 5.10. The molecule has 7 nitrogen and oxygen atoms in total. The van der Waals surface area contributed by atoms with Gasteiger partial charge in [0.2, 0.25) is 5.91 Å². The number of halogens is 3. The molecule has 1 saturated heterocycles. The average molecular weight is 596 g/mol. The van der Waals surface area contributed by atoms with E-state index in [0.717, 1.165) is 63.4 Å². The van der Waals surface area contributed by atoms with Crippen LogP contribution in [0.4, 0.5) is 13.6 Å². The zero-order chi connectivity index (χ0) is 29.2. The van der Waals surface area contributed by atoms with Gasteiger partial charge in [0.15, 0.2) is 0 Å². The van der Waals surface area contributed by atoms with Crippen LogP contribution in [0.15, 0.2) is 24.3 Å². The molecule has 0 aromatic heterocycles. The Bertz CT molecular complexity index is 942. The molecule has 0 unspecified atom stereocenters. The third-order valence-electron chi connectivity index (χ3n) is 9.20. The summed E-state index contributed by atoms with van der Waals surface area (Å²) in [6.45, 7) is -0.444.